The van der Waals surface area contributed by atoms with Gasteiger partial charge in [-0.2, -0.15) is 13.2 Å². The molecule has 0 spiro atoms. The van der Waals surface area contributed by atoms with Crippen LogP contribution in [0.5, 0.6) is 0 Å². The summed E-state index contributed by atoms with van der Waals surface area (Å²) in [6.45, 7) is 1.25. The molecule has 0 saturated carbocycles. The van der Waals surface area contributed by atoms with E-state index in [0.29, 0.717) is 0 Å². The first-order chi connectivity index (χ1) is 6.64. The van der Waals surface area contributed by atoms with Crippen LogP contribution in [0, 0.1) is 5.92 Å². The van der Waals surface area contributed by atoms with E-state index in [1.54, 1.807) is 0 Å². The summed E-state index contributed by atoms with van der Waals surface area (Å²) < 4.78 is 36.9. The minimum Gasteiger partial charge on any atom is -0.481 e. The van der Waals surface area contributed by atoms with Gasteiger partial charge in [-0.25, -0.2) is 0 Å². The molecule has 1 aliphatic carbocycles. The second kappa shape index (κ2) is 3.37. The van der Waals surface area contributed by atoms with Crippen molar-refractivity contribution in [2.45, 2.75) is 18.6 Å². The number of alkyl halides is 3. The number of nitrogens with two attached hydrogens (primary N) is 1. The Morgan fingerprint density at radius 1 is 1.60 bits per heavy atom. The Labute approximate surface area is 84.1 Å². The Morgan fingerprint density at radius 3 is 2.47 bits per heavy atom. The van der Waals surface area contributed by atoms with Crippen molar-refractivity contribution in [3.63, 3.8) is 0 Å². The van der Waals surface area contributed by atoms with E-state index in [0.717, 1.165) is 18.2 Å². The van der Waals surface area contributed by atoms with Crippen molar-refractivity contribution in [1.29, 1.82) is 0 Å². The number of aliphatic carboxylic acids is 1. The standard InChI is InChI=1S/C9H10F3NO2/c1-8(13)4-5(9(10,11)12)2-3-6(8)7(14)15/h2-4,6H,13H2,1H3,(H,14,15). The lowest BCUT2D eigenvalue weighted by Gasteiger charge is -2.30. The topological polar surface area (TPSA) is 63.3 Å². The molecular weight excluding hydrogens is 211 g/mol. The maximum absolute atomic E-state index is 12.3. The molecule has 0 fully saturated rings. The van der Waals surface area contributed by atoms with E-state index in [1.165, 1.54) is 6.92 Å². The summed E-state index contributed by atoms with van der Waals surface area (Å²) in [5, 5.41) is 8.72. The molecule has 2 unspecified atom stereocenters. The summed E-state index contributed by atoms with van der Waals surface area (Å²) in [5.74, 6) is -2.38. The highest BCUT2D eigenvalue weighted by Crippen LogP contribution is 2.34. The molecule has 1 aliphatic rings. The van der Waals surface area contributed by atoms with Crippen LogP contribution in [0.4, 0.5) is 13.2 Å². The van der Waals surface area contributed by atoms with Crippen LogP contribution in [0.2, 0.25) is 0 Å². The fourth-order valence-corrected chi connectivity index (χ4v) is 1.40. The number of hydrogen-bond acceptors (Lipinski definition) is 2. The van der Waals surface area contributed by atoms with Gasteiger partial charge in [0.25, 0.3) is 0 Å². The van der Waals surface area contributed by atoms with Crippen LogP contribution in [-0.4, -0.2) is 22.8 Å². The molecule has 0 aromatic carbocycles. The predicted molar refractivity (Wildman–Crippen MR) is 47.0 cm³/mol. The zero-order chi connectivity index (χ0) is 11.9. The molecule has 0 radical (unpaired) electrons. The highest BCUT2D eigenvalue weighted by Gasteiger charge is 2.41. The summed E-state index contributed by atoms with van der Waals surface area (Å²) in [6.07, 6.45) is -2.05. The van der Waals surface area contributed by atoms with Crippen molar-refractivity contribution in [2.75, 3.05) is 0 Å². The number of carboxylic acid groups (broad SMARTS) is 1. The molecule has 0 heterocycles. The van der Waals surface area contributed by atoms with Crippen LogP contribution in [0.15, 0.2) is 23.8 Å². The average Bonchev–Trinajstić information content (AvgIpc) is 1.99. The average molecular weight is 221 g/mol. The Kier molecular flexibility index (Phi) is 2.65. The van der Waals surface area contributed by atoms with Gasteiger partial charge in [-0.3, -0.25) is 4.79 Å². The normalized spacial score (nSPS) is 31.3. The molecule has 0 saturated heterocycles. The molecule has 3 nitrogen and oxygen atoms in total. The van der Waals surface area contributed by atoms with Gasteiger partial charge in [0.1, 0.15) is 0 Å². The predicted octanol–water partition coefficient (Wildman–Crippen LogP) is 1.46. The Morgan fingerprint density at radius 2 is 2.13 bits per heavy atom. The largest absolute Gasteiger partial charge is 0.481 e. The van der Waals surface area contributed by atoms with Crippen LogP contribution >= 0.6 is 0 Å². The highest BCUT2D eigenvalue weighted by atomic mass is 19.4. The fourth-order valence-electron chi connectivity index (χ4n) is 1.40. The Bertz CT molecular complexity index is 342. The Balaban J connectivity index is 3.06. The molecule has 0 amide bonds. The molecule has 0 aliphatic heterocycles. The maximum Gasteiger partial charge on any atom is 0.416 e. The molecule has 0 aromatic rings. The van der Waals surface area contributed by atoms with Crippen molar-refractivity contribution >= 4 is 5.97 Å². The Hall–Kier alpha value is -1.30. The summed E-state index contributed by atoms with van der Waals surface area (Å²) >= 11 is 0. The van der Waals surface area contributed by atoms with Gasteiger partial charge in [0.15, 0.2) is 0 Å². The minimum absolute atomic E-state index is 0.742. The third-order valence-corrected chi connectivity index (χ3v) is 2.20. The molecule has 15 heavy (non-hydrogen) atoms. The first-order valence-electron chi connectivity index (χ1n) is 4.14. The van der Waals surface area contributed by atoms with Crippen LogP contribution in [-0.2, 0) is 4.79 Å². The first-order valence-corrected chi connectivity index (χ1v) is 4.14. The van der Waals surface area contributed by atoms with E-state index < -0.39 is 29.2 Å². The summed E-state index contributed by atoms with van der Waals surface area (Å²) in [7, 11) is 0. The quantitative estimate of drug-likeness (QED) is 0.704. The van der Waals surface area contributed by atoms with Gasteiger partial charge in [-0.05, 0) is 6.92 Å². The van der Waals surface area contributed by atoms with Gasteiger partial charge in [0.2, 0.25) is 0 Å². The lowest BCUT2D eigenvalue weighted by atomic mass is 9.81. The van der Waals surface area contributed by atoms with Crippen molar-refractivity contribution in [3.05, 3.63) is 23.8 Å². The molecule has 0 bridgehead atoms. The number of rotatable bonds is 1. The van der Waals surface area contributed by atoms with Gasteiger partial charge in [-0.15, -0.1) is 0 Å². The van der Waals surface area contributed by atoms with E-state index in [2.05, 4.69) is 0 Å². The smallest absolute Gasteiger partial charge is 0.416 e. The summed E-state index contributed by atoms with van der Waals surface area (Å²) in [6, 6.07) is 0. The van der Waals surface area contributed by atoms with Gasteiger partial charge >= 0.3 is 12.1 Å². The van der Waals surface area contributed by atoms with Gasteiger partial charge < -0.3 is 10.8 Å². The van der Waals surface area contributed by atoms with E-state index in [1.807, 2.05) is 0 Å². The molecular formula is C9H10F3NO2. The van der Waals surface area contributed by atoms with Crippen molar-refractivity contribution in [1.82, 2.24) is 0 Å². The molecule has 1 rings (SSSR count). The number of allylic oxidation sites excluding steroid dienone is 2. The van der Waals surface area contributed by atoms with Gasteiger partial charge in [0.05, 0.1) is 11.5 Å². The zero-order valence-corrected chi connectivity index (χ0v) is 7.88. The van der Waals surface area contributed by atoms with Crippen molar-refractivity contribution in [2.24, 2.45) is 11.7 Å². The summed E-state index contributed by atoms with van der Waals surface area (Å²) in [5.41, 5.74) is 3.07. The van der Waals surface area contributed by atoms with Crippen LogP contribution in [0.1, 0.15) is 6.92 Å². The monoisotopic (exact) mass is 221 g/mol. The van der Waals surface area contributed by atoms with Gasteiger partial charge in [0, 0.05) is 5.54 Å². The van der Waals surface area contributed by atoms with Gasteiger partial charge in [-0.1, -0.05) is 18.2 Å². The maximum atomic E-state index is 12.3. The van der Waals surface area contributed by atoms with E-state index in [9.17, 15) is 18.0 Å². The SMILES string of the molecule is CC1(N)C=C(C(F)(F)F)C=CC1C(=O)O. The third-order valence-electron chi connectivity index (χ3n) is 2.20. The fraction of sp³-hybridized carbons (Fsp3) is 0.444. The van der Waals surface area contributed by atoms with Crippen molar-refractivity contribution in [3.8, 4) is 0 Å². The molecule has 2 atom stereocenters. The number of halogens is 3. The van der Waals surface area contributed by atoms with E-state index >= 15 is 0 Å². The molecule has 0 aromatic heterocycles. The number of carboxylic acids is 1. The lowest BCUT2D eigenvalue weighted by Crippen LogP contribution is -2.47. The lowest BCUT2D eigenvalue weighted by molar-refractivity contribution is -0.141. The van der Waals surface area contributed by atoms with Crippen LogP contribution in [0.25, 0.3) is 0 Å². The van der Waals surface area contributed by atoms with Crippen LogP contribution in [0.3, 0.4) is 0 Å². The summed E-state index contributed by atoms with van der Waals surface area (Å²) in [4.78, 5) is 10.7. The van der Waals surface area contributed by atoms with Crippen molar-refractivity contribution < 1.29 is 23.1 Å². The zero-order valence-electron chi connectivity index (χ0n) is 7.88. The molecule has 6 heteroatoms. The van der Waals surface area contributed by atoms with E-state index in [4.69, 9.17) is 10.8 Å². The van der Waals surface area contributed by atoms with Crippen LogP contribution < -0.4 is 5.73 Å². The second-order valence-electron chi connectivity index (χ2n) is 3.64. The number of carbonyl (C=O) groups is 1. The third kappa shape index (κ3) is 2.38. The highest BCUT2D eigenvalue weighted by molar-refractivity contribution is 5.75. The first kappa shape index (κ1) is 11.8. The minimum atomic E-state index is -4.50. The second-order valence-corrected chi connectivity index (χ2v) is 3.64. The molecule has 84 valence electrons. The molecule has 3 N–H and O–H groups in total. The van der Waals surface area contributed by atoms with E-state index in [-0.39, 0.29) is 0 Å². The number of hydrogen-bond donors (Lipinski definition) is 2.